The lowest BCUT2D eigenvalue weighted by atomic mass is 9.99. The van der Waals surface area contributed by atoms with Gasteiger partial charge in [0.2, 0.25) is 5.76 Å². The number of ether oxygens (including phenoxy) is 1. The molecule has 0 fully saturated rings. The number of thiazole rings is 1. The fourth-order valence-corrected chi connectivity index (χ4v) is 4.96. The summed E-state index contributed by atoms with van der Waals surface area (Å²) in [6.07, 6.45) is 1.45. The van der Waals surface area contributed by atoms with Crippen LogP contribution in [0.2, 0.25) is 0 Å². The molecule has 0 N–H and O–H groups in total. The lowest BCUT2D eigenvalue weighted by Gasteiger charge is -2.22. The Balaban J connectivity index is 1.71. The van der Waals surface area contributed by atoms with E-state index in [1.165, 1.54) is 17.0 Å². The number of hydrogen-bond acceptors (Lipinski definition) is 7. The van der Waals surface area contributed by atoms with Gasteiger partial charge in [-0.15, -0.1) is 0 Å². The van der Waals surface area contributed by atoms with Crippen LogP contribution in [0.1, 0.15) is 43.1 Å². The number of fused-ring (bicyclic) bond motifs is 2. The summed E-state index contributed by atoms with van der Waals surface area (Å²) in [6.45, 7) is 5.19. The van der Waals surface area contributed by atoms with Gasteiger partial charge in [-0.2, -0.15) is 0 Å². The number of amides is 1. The number of anilines is 1. The van der Waals surface area contributed by atoms with Crippen LogP contribution in [0.15, 0.2) is 70.4 Å². The Kier molecular flexibility index (Phi) is 5.33. The Labute approximate surface area is 196 Å². The predicted octanol–water partition coefficient (Wildman–Crippen LogP) is 4.79. The summed E-state index contributed by atoms with van der Waals surface area (Å²) < 4.78 is 24.8. The van der Waals surface area contributed by atoms with Crippen molar-refractivity contribution in [3.05, 3.63) is 105 Å². The van der Waals surface area contributed by atoms with E-state index >= 15 is 0 Å². The second-order valence-electron chi connectivity index (χ2n) is 7.60. The zero-order valence-corrected chi connectivity index (χ0v) is 18.7. The molecule has 2 aromatic carbocycles. The quantitative estimate of drug-likeness (QED) is 0.304. The van der Waals surface area contributed by atoms with E-state index in [1.807, 2.05) is 6.07 Å². The van der Waals surface area contributed by atoms with Gasteiger partial charge in [-0.25, -0.2) is 14.2 Å². The molecule has 9 heteroatoms. The van der Waals surface area contributed by atoms with Crippen molar-refractivity contribution in [2.24, 2.45) is 0 Å². The van der Waals surface area contributed by atoms with Crippen LogP contribution in [0.3, 0.4) is 0 Å². The summed E-state index contributed by atoms with van der Waals surface area (Å²) in [4.78, 5) is 45.5. The van der Waals surface area contributed by atoms with Crippen LogP contribution in [-0.4, -0.2) is 23.5 Å². The molecule has 4 aromatic rings. The van der Waals surface area contributed by atoms with Gasteiger partial charge in [-0.05, 0) is 30.7 Å². The minimum Gasteiger partial charge on any atom is -0.457 e. The minimum absolute atomic E-state index is 0.0355. The number of halogens is 1. The molecule has 1 unspecified atom stereocenters. The highest BCUT2D eigenvalue weighted by Gasteiger charge is 2.45. The highest BCUT2D eigenvalue weighted by Crippen LogP contribution is 2.43. The normalized spacial score (nSPS) is 14.9. The predicted molar refractivity (Wildman–Crippen MR) is 125 cm³/mol. The van der Waals surface area contributed by atoms with Crippen molar-refractivity contribution in [2.75, 3.05) is 11.5 Å². The van der Waals surface area contributed by atoms with E-state index in [4.69, 9.17) is 9.15 Å². The van der Waals surface area contributed by atoms with Crippen LogP contribution in [0.4, 0.5) is 9.52 Å². The van der Waals surface area contributed by atoms with E-state index in [1.54, 1.807) is 31.2 Å². The second-order valence-corrected chi connectivity index (χ2v) is 8.58. The van der Waals surface area contributed by atoms with Crippen molar-refractivity contribution in [3.8, 4) is 0 Å². The summed E-state index contributed by atoms with van der Waals surface area (Å²) in [6, 6.07) is 11.6. The fraction of sp³-hybridized carbons (Fsp3) is 0.120. The molecule has 0 saturated heterocycles. The van der Waals surface area contributed by atoms with E-state index in [-0.39, 0.29) is 38.9 Å². The first-order valence-corrected chi connectivity index (χ1v) is 11.1. The second kappa shape index (κ2) is 8.35. The maximum atomic E-state index is 13.9. The van der Waals surface area contributed by atoms with Gasteiger partial charge >= 0.3 is 5.97 Å². The van der Waals surface area contributed by atoms with E-state index < -0.39 is 29.2 Å². The molecular formula is C25H17FN2O5S. The van der Waals surface area contributed by atoms with Crippen LogP contribution < -0.4 is 10.3 Å². The molecule has 5 rings (SSSR count). The zero-order chi connectivity index (χ0) is 24.0. The first kappa shape index (κ1) is 21.7. The van der Waals surface area contributed by atoms with Crippen molar-refractivity contribution in [2.45, 2.75) is 13.0 Å². The van der Waals surface area contributed by atoms with E-state index in [2.05, 4.69) is 11.6 Å². The Hall–Kier alpha value is -4.11. The number of carbonyl (C=O) groups excluding carboxylic acids is 2. The molecule has 7 nitrogen and oxygen atoms in total. The minimum atomic E-state index is -0.866. The number of aromatic nitrogens is 1. The maximum Gasteiger partial charge on any atom is 0.350 e. The summed E-state index contributed by atoms with van der Waals surface area (Å²) in [5, 5.41) is 0.251. The fourth-order valence-electron chi connectivity index (χ4n) is 3.97. The van der Waals surface area contributed by atoms with Crippen LogP contribution in [-0.2, 0) is 4.74 Å². The molecule has 1 aliphatic heterocycles. The lowest BCUT2D eigenvalue weighted by Crippen LogP contribution is -2.29. The number of hydrogen-bond donors (Lipinski definition) is 0. The van der Waals surface area contributed by atoms with Crippen LogP contribution in [0, 0.1) is 12.7 Å². The molecule has 0 radical (unpaired) electrons. The molecule has 1 amide bonds. The molecule has 1 atom stereocenters. The average Bonchev–Trinajstić information content (AvgIpc) is 3.36. The van der Waals surface area contributed by atoms with Gasteiger partial charge in [0.05, 0.1) is 22.7 Å². The number of rotatable bonds is 5. The highest BCUT2D eigenvalue weighted by molar-refractivity contribution is 7.17. The molecular weight excluding hydrogens is 459 g/mol. The van der Waals surface area contributed by atoms with Gasteiger partial charge in [-0.3, -0.25) is 14.5 Å². The van der Waals surface area contributed by atoms with Crippen molar-refractivity contribution in [3.63, 3.8) is 0 Å². The standard InChI is InChI=1S/C25H17FN2O5S/c1-3-11-32-24(31)22-13(2)27-25(34-22)28-19(14-7-5-4-6-8-14)18-20(29)16-12-15(26)9-10-17(16)33-21(18)23(28)30/h3-10,12,19H,1,11H2,2H3. The highest BCUT2D eigenvalue weighted by atomic mass is 32.1. The molecule has 2 aromatic heterocycles. The van der Waals surface area contributed by atoms with Crippen molar-refractivity contribution >= 4 is 39.3 Å². The van der Waals surface area contributed by atoms with E-state index in [0.29, 0.717) is 11.3 Å². The third-order valence-corrected chi connectivity index (χ3v) is 6.59. The molecule has 170 valence electrons. The van der Waals surface area contributed by atoms with Gasteiger partial charge in [0.25, 0.3) is 5.91 Å². The van der Waals surface area contributed by atoms with Crippen molar-refractivity contribution in [1.29, 1.82) is 0 Å². The Bertz CT molecular complexity index is 1530. The first-order chi connectivity index (χ1) is 16.4. The summed E-state index contributed by atoms with van der Waals surface area (Å²) in [5.41, 5.74) is 0.728. The van der Waals surface area contributed by atoms with Crippen molar-refractivity contribution in [1.82, 2.24) is 4.98 Å². The number of esters is 1. The third-order valence-electron chi connectivity index (χ3n) is 5.46. The molecule has 0 saturated carbocycles. The van der Waals surface area contributed by atoms with Crippen LogP contribution in [0.25, 0.3) is 11.0 Å². The van der Waals surface area contributed by atoms with Gasteiger partial charge < -0.3 is 9.15 Å². The Morgan fingerprint density at radius 1 is 1.26 bits per heavy atom. The number of carbonyl (C=O) groups is 2. The SMILES string of the molecule is C=CCOC(=O)c1sc(N2C(=O)c3oc4ccc(F)cc4c(=O)c3C2c2ccccc2)nc1C. The molecule has 0 spiro atoms. The van der Waals surface area contributed by atoms with Crippen LogP contribution in [0.5, 0.6) is 0 Å². The smallest absolute Gasteiger partial charge is 0.350 e. The first-order valence-electron chi connectivity index (χ1n) is 10.3. The summed E-state index contributed by atoms with van der Waals surface area (Å²) >= 11 is 0.982. The van der Waals surface area contributed by atoms with Gasteiger partial charge in [0.1, 0.15) is 22.9 Å². The van der Waals surface area contributed by atoms with Gasteiger partial charge in [0.15, 0.2) is 10.6 Å². The Morgan fingerprint density at radius 2 is 2.03 bits per heavy atom. The van der Waals surface area contributed by atoms with E-state index in [9.17, 15) is 18.8 Å². The summed E-state index contributed by atoms with van der Waals surface area (Å²) in [7, 11) is 0. The van der Waals surface area contributed by atoms with Crippen LogP contribution >= 0.6 is 11.3 Å². The largest absolute Gasteiger partial charge is 0.457 e. The van der Waals surface area contributed by atoms with E-state index in [0.717, 1.165) is 23.5 Å². The number of nitrogens with zero attached hydrogens (tertiary/aromatic N) is 2. The summed E-state index contributed by atoms with van der Waals surface area (Å²) in [5.74, 6) is -1.89. The topological polar surface area (TPSA) is 89.7 Å². The molecule has 3 heterocycles. The monoisotopic (exact) mass is 476 g/mol. The molecule has 0 aliphatic carbocycles. The van der Waals surface area contributed by atoms with Crippen molar-refractivity contribution < 1.29 is 23.1 Å². The lowest BCUT2D eigenvalue weighted by molar-refractivity contribution is 0.0554. The number of benzene rings is 2. The maximum absolute atomic E-state index is 13.9. The zero-order valence-electron chi connectivity index (χ0n) is 17.9. The van der Waals surface area contributed by atoms with Gasteiger partial charge in [0, 0.05) is 0 Å². The van der Waals surface area contributed by atoms with Gasteiger partial charge in [-0.1, -0.05) is 54.3 Å². The molecule has 1 aliphatic rings. The average molecular weight is 476 g/mol. The molecule has 34 heavy (non-hydrogen) atoms. The number of aryl methyl sites for hydroxylation is 1. The Morgan fingerprint density at radius 3 is 2.76 bits per heavy atom. The molecule has 0 bridgehead atoms. The third kappa shape index (κ3) is 3.41.